The molecule has 0 saturated carbocycles. The number of aromatic nitrogens is 2. The summed E-state index contributed by atoms with van der Waals surface area (Å²) >= 11 is 0. The molecular weight excluding hydrogens is 242 g/mol. The van der Waals surface area contributed by atoms with Crippen LogP contribution >= 0.6 is 0 Å². The van der Waals surface area contributed by atoms with E-state index in [1.54, 1.807) is 14.2 Å². The van der Waals surface area contributed by atoms with Gasteiger partial charge in [-0.1, -0.05) is 0 Å². The first-order chi connectivity index (χ1) is 9.23. The monoisotopic (exact) mass is 261 g/mol. The number of methoxy groups -OCH3 is 2. The van der Waals surface area contributed by atoms with Gasteiger partial charge in [-0.3, -0.25) is 0 Å². The summed E-state index contributed by atoms with van der Waals surface area (Å²) in [5, 5.41) is 0.938. The van der Waals surface area contributed by atoms with Crippen molar-refractivity contribution in [2.24, 2.45) is 0 Å². The maximum atomic E-state index is 5.30. The second kappa shape index (κ2) is 5.73. The normalized spacial score (nSPS) is 10.5. The Morgan fingerprint density at radius 2 is 1.68 bits per heavy atom. The van der Waals surface area contributed by atoms with Crippen molar-refractivity contribution >= 4 is 16.9 Å². The lowest BCUT2D eigenvalue weighted by Gasteiger charge is -2.18. The highest BCUT2D eigenvalue weighted by molar-refractivity contribution is 5.82. The second-order valence-electron chi connectivity index (χ2n) is 4.11. The fourth-order valence-electron chi connectivity index (χ4n) is 2.01. The number of ether oxygens (including phenoxy) is 2. The molecule has 0 unspecified atom stereocenters. The second-order valence-corrected chi connectivity index (χ2v) is 4.11. The van der Waals surface area contributed by atoms with Crippen LogP contribution in [0.15, 0.2) is 18.3 Å². The number of nitrogens with zero attached hydrogens (tertiary/aromatic N) is 3. The van der Waals surface area contributed by atoms with Crippen LogP contribution in [0.1, 0.15) is 13.8 Å². The lowest BCUT2D eigenvalue weighted by atomic mass is 10.2. The van der Waals surface area contributed by atoms with Gasteiger partial charge in [0.2, 0.25) is 5.95 Å². The quantitative estimate of drug-likeness (QED) is 0.827. The molecule has 0 atom stereocenters. The van der Waals surface area contributed by atoms with Gasteiger partial charge in [0, 0.05) is 30.7 Å². The molecule has 1 aromatic heterocycles. The zero-order valence-corrected chi connectivity index (χ0v) is 11.8. The predicted molar refractivity (Wildman–Crippen MR) is 76.2 cm³/mol. The Morgan fingerprint density at radius 1 is 1.05 bits per heavy atom. The molecule has 5 heteroatoms. The van der Waals surface area contributed by atoms with E-state index in [1.807, 2.05) is 18.3 Å². The number of hydrogen-bond acceptors (Lipinski definition) is 5. The van der Waals surface area contributed by atoms with Crippen LogP contribution in [0.25, 0.3) is 10.9 Å². The highest BCUT2D eigenvalue weighted by Gasteiger charge is 2.10. The zero-order valence-electron chi connectivity index (χ0n) is 11.8. The van der Waals surface area contributed by atoms with Crippen LogP contribution in [0.3, 0.4) is 0 Å². The van der Waals surface area contributed by atoms with E-state index in [0.717, 1.165) is 29.9 Å². The number of anilines is 1. The minimum Gasteiger partial charge on any atom is -0.493 e. The molecule has 0 aliphatic rings. The molecule has 1 heterocycles. The molecule has 0 radical (unpaired) electrons. The minimum atomic E-state index is 0.680. The van der Waals surface area contributed by atoms with E-state index < -0.39 is 0 Å². The van der Waals surface area contributed by atoms with Crippen LogP contribution in [0, 0.1) is 0 Å². The van der Waals surface area contributed by atoms with Crippen LogP contribution in [-0.4, -0.2) is 37.3 Å². The molecule has 2 rings (SSSR count). The number of hydrogen-bond donors (Lipinski definition) is 0. The Hall–Kier alpha value is -2.04. The van der Waals surface area contributed by atoms with Crippen molar-refractivity contribution in [1.82, 2.24) is 9.97 Å². The van der Waals surface area contributed by atoms with Crippen molar-refractivity contribution in [1.29, 1.82) is 0 Å². The van der Waals surface area contributed by atoms with Gasteiger partial charge in [0.1, 0.15) is 0 Å². The van der Waals surface area contributed by atoms with Crippen molar-refractivity contribution < 1.29 is 9.47 Å². The van der Waals surface area contributed by atoms with Gasteiger partial charge in [0.05, 0.1) is 19.7 Å². The van der Waals surface area contributed by atoms with Gasteiger partial charge in [-0.05, 0) is 19.9 Å². The fourth-order valence-corrected chi connectivity index (χ4v) is 2.01. The van der Waals surface area contributed by atoms with Crippen LogP contribution in [0.5, 0.6) is 11.5 Å². The Morgan fingerprint density at radius 3 is 2.26 bits per heavy atom. The molecule has 19 heavy (non-hydrogen) atoms. The molecule has 0 amide bonds. The van der Waals surface area contributed by atoms with E-state index in [0.29, 0.717) is 11.5 Å². The van der Waals surface area contributed by atoms with Crippen molar-refractivity contribution in [3.05, 3.63) is 18.3 Å². The fraction of sp³-hybridized carbons (Fsp3) is 0.429. The SMILES string of the molecule is CCN(CC)c1ncc2cc(OC)c(OC)cc2n1. The number of benzene rings is 1. The van der Waals surface area contributed by atoms with Crippen molar-refractivity contribution in [3.8, 4) is 11.5 Å². The highest BCUT2D eigenvalue weighted by atomic mass is 16.5. The molecular formula is C14H19N3O2. The summed E-state index contributed by atoms with van der Waals surface area (Å²) in [6.07, 6.45) is 1.82. The topological polar surface area (TPSA) is 47.5 Å². The maximum absolute atomic E-state index is 5.30. The Labute approximate surface area is 113 Å². The molecule has 0 aliphatic carbocycles. The zero-order chi connectivity index (χ0) is 13.8. The first-order valence-electron chi connectivity index (χ1n) is 6.37. The summed E-state index contributed by atoms with van der Waals surface area (Å²) in [5.41, 5.74) is 0.856. The molecule has 0 N–H and O–H groups in total. The Bertz CT molecular complexity index is 568. The van der Waals surface area contributed by atoms with Crippen LogP contribution in [0.4, 0.5) is 5.95 Å². The van der Waals surface area contributed by atoms with Crippen molar-refractivity contribution in [2.45, 2.75) is 13.8 Å². The third-order valence-electron chi connectivity index (χ3n) is 3.12. The Balaban J connectivity index is 2.53. The number of fused-ring (bicyclic) bond motifs is 1. The molecule has 0 spiro atoms. The van der Waals surface area contributed by atoms with E-state index in [2.05, 4.69) is 28.7 Å². The lowest BCUT2D eigenvalue weighted by molar-refractivity contribution is 0.356. The summed E-state index contributed by atoms with van der Waals surface area (Å²) in [4.78, 5) is 11.1. The molecule has 1 aromatic carbocycles. The largest absolute Gasteiger partial charge is 0.493 e. The van der Waals surface area contributed by atoms with Gasteiger partial charge in [-0.25, -0.2) is 9.97 Å². The molecule has 2 aromatic rings. The molecule has 5 nitrogen and oxygen atoms in total. The van der Waals surface area contributed by atoms with Gasteiger partial charge in [-0.15, -0.1) is 0 Å². The molecule has 0 bridgehead atoms. The molecule has 0 fully saturated rings. The van der Waals surface area contributed by atoms with E-state index in [-0.39, 0.29) is 0 Å². The Kier molecular flexibility index (Phi) is 4.04. The van der Waals surface area contributed by atoms with Gasteiger partial charge in [0.25, 0.3) is 0 Å². The third kappa shape index (κ3) is 2.54. The maximum Gasteiger partial charge on any atom is 0.225 e. The number of rotatable bonds is 5. The summed E-state index contributed by atoms with van der Waals surface area (Å²) in [6, 6.07) is 3.77. The molecule has 0 aliphatic heterocycles. The average Bonchev–Trinajstić information content (AvgIpc) is 2.46. The van der Waals surface area contributed by atoms with Crippen molar-refractivity contribution in [3.63, 3.8) is 0 Å². The minimum absolute atomic E-state index is 0.680. The van der Waals surface area contributed by atoms with E-state index >= 15 is 0 Å². The summed E-state index contributed by atoms with van der Waals surface area (Å²) < 4.78 is 10.6. The third-order valence-corrected chi connectivity index (χ3v) is 3.12. The molecule has 0 saturated heterocycles. The smallest absolute Gasteiger partial charge is 0.225 e. The van der Waals surface area contributed by atoms with Crippen molar-refractivity contribution in [2.75, 3.05) is 32.2 Å². The molecule has 102 valence electrons. The summed E-state index contributed by atoms with van der Waals surface area (Å²) in [7, 11) is 3.24. The average molecular weight is 261 g/mol. The highest BCUT2D eigenvalue weighted by Crippen LogP contribution is 2.31. The van der Waals surface area contributed by atoms with E-state index in [1.165, 1.54) is 0 Å². The predicted octanol–water partition coefficient (Wildman–Crippen LogP) is 2.49. The van der Waals surface area contributed by atoms with Crippen LogP contribution < -0.4 is 14.4 Å². The van der Waals surface area contributed by atoms with Gasteiger partial charge in [0.15, 0.2) is 11.5 Å². The van der Waals surface area contributed by atoms with Crippen LogP contribution in [0.2, 0.25) is 0 Å². The summed E-state index contributed by atoms with van der Waals surface area (Å²) in [5.74, 6) is 2.11. The van der Waals surface area contributed by atoms with Gasteiger partial charge >= 0.3 is 0 Å². The van der Waals surface area contributed by atoms with Gasteiger partial charge in [-0.2, -0.15) is 0 Å². The summed E-state index contributed by atoms with van der Waals surface area (Å²) in [6.45, 7) is 5.95. The first kappa shape index (κ1) is 13.4. The standard InChI is InChI=1S/C14H19N3O2/c1-5-17(6-2)14-15-9-10-7-12(18-3)13(19-4)8-11(10)16-14/h7-9H,5-6H2,1-4H3. The lowest BCUT2D eigenvalue weighted by Crippen LogP contribution is -2.24. The van der Waals surface area contributed by atoms with Gasteiger partial charge < -0.3 is 14.4 Å². The van der Waals surface area contributed by atoms with Crippen LogP contribution in [-0.2, 0) is 0 Å². The van der Waals surface area contributed by atoms with E-state index in [4.69, 9.17) is 9.47 Å². The first-order valence-corrected chi connectivity index (χ1v) is 6.37. The van der Waals surface area contributed by atoms with E-state index in [9.17, 15) is 0 Å².